The lowest BCUT2D eigenvalue weighted by Crippen LogP contribution is -2.19. The molecule has 0 unspecified atom stereocenters. The summed E-state index contributed by atoms with van der Waals surface area (Å²) in [6, 6.07) is 5.89. The molecule has 1 heterocycles. The number of anilines is 2. The molecule has 0 amide bonds. The van der Waals surface area contributed by atoms with Crippen LogP contribution >= 0.6 is 15.9 Å². The fourth-order valence-electron chi connectivity index (χ4n) is 1.45. The lowest BCUT2D eigenvalue weighted by molar-refractivity contribution is 1.00. The second kappa shape index (κ2) is 3.42. The molecule has 0 aromatic heterocycles. The monoisotopic (exact) mass is 238 g/mol. The quantitative estimate of drug-likeness (QED) is 0.602. The van der Waals surface area contributed by atoms with Crippen LogP contribution in [0.25, 0.3) is 0 Å². The number of hydrogen-bond donors (Lipinski definition) is 1. The number of halogens is 1. The van der Waals surface area contributed by atoms with Gasteiger partial charge in [0.2, 0.25) is 0 Å². The van der Waals surface area contributed by atoms with Crippen LogP contribution in [-0.2, 0) is 0 Å². The Hall–Kier alpha value is -0.960. The predicted molar refractivity (Wildman–Crippen MR) is 59.9 cm³/mol. The van der Waals surface area contributed by atoms with Gasteiger partial charge in [0.15, 0.2) is 0 Å². The molecule has 0 aliphatic carbocycles. The summed E-state index contributed by atoms with van der Waals surface area (Å²) >= 11 is 3.52. The largest absolute Gasteiger partial charge is 0.399 e. The summed E-state index contributed by atoms with van der Waals surface area (Å²) in [6.45, 7) is 1.95. The summed E-state index contributed by atoms with van der Waals surface area (Å²) in [5, 5.41) is 0. The van der Waals surface area contributed by atoms with E-state index in [0.29, 0.717) is 0 Å². The van der Waals surface area contributed by atoms with Crippen LogP contribution in [-0.4, -0.2) is 13.1 Å². The maximum Gasteiger partial charge on any atom is 0.0536 e. The third-order valence-electron chi connectivity index (χ3n) is 2.13. The number of benzene rings is 1. The van der Waals surface area contributed by atoms with Gasteiger partial charge >= 0.3 is 0 Å². The number of nitrogens with two attached hydrogens (primary N) is 1. The van der Waals surface area contributed by atoms with Crippen molar-refractivity contribution in [2.45, 2.75) is 0 Å². The molecule has 0 radical (unpaired) electrons. The van der Waals surface area contributed by atoms with E-state index in [-0.39, 0.29) is 0 Å². The van der Waals surface area contributed by atoms with E-state index >= 15 is 0 Å². The Morgan fingerprint density at radius 1 is 1.23 bits per heavy atom. The Labute approximate surface area is 86.2 Å². The number of nitrogen functional groups attached to an aromatic ring is 1. The molecule has 2 N–H and O–H groups in total. The van der Waals surface area contributed by atoms with Crippen LogP contribution in [0, 0.1) is 0 Å². The minimum absolute atomic E-state index is 0.810. The molecule has 2 rings (SSSR count). The minimum atomic E-state index is 0.810. The molecular formula is C10H11BrN2. The summed E-state index contributed by atoms with van der Waals surface area (Å²) in [5.41, 5.74) is 7.71. The Balaban J connectivity index is 2.33. The van der Waals surface area contributed by atoms with Crippen molar-refractivity contribution in [1.29, 1.82) is 0 Å². The van der Waals surface area contributed by atoms with Crippen LogP contribution in [0.15, 0.2) is 34.8 Å². The molecule has 3 heteroatoms. The third-order valence-corrected chi connectivity index (χ3v) is 2.80. The minimum Gasteiger partial charge on any atom is -0.399 e. The Bertz CT molecular complexity index is 339. The zero-order valence-electron chi connectivity index (χ0n) is 7.20. The molecule has 1 aliphatic rings. The van der Waals surface area contributed by atoms with Gasteiger partial charge in [0.05, 0.1) is 5.69 Å². The van der Waals surface area contributed by atoms with Gasteiger partial charge in [-0.1, -0.05) is 12.2 Å². The molecule has 0 saturated carbocycles. The molecule has 13 heavy (non-hydrogen) atoms. The highest BCUT2D eigenvalue weighted by molar-refractivity contribution is 9.10. The van der Waals surface area contributed by atoms with Crippen LogP contribution in [0.5, 0.6) is 0 Å². The van der Waals surface area contributed by atoms with Gasteiger partial charge < -0.3 is 10.6 Å². The van der Waals surface area contributed by atoms with Crippen molar-refractivity contribution in [3.8, 4) is 0 Å². The molecule has 0 fully saturated rings. The maximum atomic E-state index is 5.73. The normalized spacial score (nSPS) is 15.3. The van der Waals surface area contributed by atoms with Gasteiger partial charge in [0, 0.05) is 23.2 Å². The average molecular weight is 239 g/mol. The maximum absolute atomic E-state index is 5.73. The molecule has 0 spiro atoms. The highest BCUT2D eigenvalue weighted by Crippen LogP contribution is 2.29. The Kier molecular flexibility index (Phi) is 2.27. The van der Waals surface area contributed by atoms with E-state index in [9.17, 15) is 0 Å². The van der Waals surface area contributed by atoms with Crippen molar-refractivity contribution in [2.75, 3.05) is 23.7 Å². The fourth-order valence-corrected chi connectivity index (χ4v) is 1.94. The van der Waals surface area contributed by atoms with E-state index in [4.69, 9.17) is 5.73 Å². The second-order valence-electron chi connectivity index (χ2n) is 3.09. The van der Waals surface area contributed by atoms with Gasteiger partial charge in [-0.05, 0) is 34.1 Å². The molecule has 1 aromatic carbocycles. The third kappa shape index (κ3) is 1.70. The van der Waals surface area contributed by atoms with Gasteiger partial charge in [-0.15, -0.1) is 0 Å². The van der Waals surface area contributed by atoms with Gasteiger partial charge in [-0.25, -0.2) is 0 Å². The summed E-state index contributed by atoms with van der Waals surface area (Å²) in [6.07, 6.45) is 4.32. The summed E-state index contributed by atoms with van der Waals surface area (Å²) in [7, 11) is 0. The van der Waals surface area contributed by atoms with Gasteiger partial charge in [0.25, 0.3) is 0 Å². The first kappa shape index (κ1) is 8.63. The van der Waals surface area contributed by atoms with Crippen LogP contribution in [0.2, 0.25) is 0 Å². The predicted octanol–water partition coefficient (Wildman–Crippen LogP) is 2.41. The lowest BCUT2D eigenvalue weighted by Gasteiger charge is -2.19. The summed E-state index contributed by atoms with van der Waals surface area (Å²) in [5.74, 6) is 0. The number of nitrogens with zero attached hydrogens (tertiary/aromatic N) is 1. The number of rotatable bonds is 1. The summed E-state index contributed by atoms with van der Waals surface area (Å²) < 4.78 is 1.10. The molecule has 1 aliphatic heterocycles. The van der Waals surface area contributed by atoms with Crippen LogP contribution < -0.4 is 10.6 Å². The molecule has 0 saturated heterocycles. The Morgan fingerprint density at radius 3 is 2.62 bits per heavy atom. The smallest absolute Gasteiger partial charge is 0.0536 e. The molecule has 0 bridgehead atoms. The van der Waals surface area contributed by atoms with E-state index in [1.165, 1.54) is 5.69 Å². The topological polar surface area (TPSA) is 29.3 Å². The average Bonchev–Trinajstić information content (AvgIpc) is 2.61. The molecule has 1 aromatic rings. The first-order valence-corrected chi connectivity index (χ1v) is 5.01. The number of hydrogen-bond acceptors (Lipinski definition) is 2. The van der Waals surface area contributed by atoms with Crippen molar-refractivity contribution in [3.05, 3.63) is 34.8 Å². The highest BCUT2D eigenvalue weighted by Gasteiger charge is 2.10. The summed E-state index contributed by atoms with van der Waals surface area (Å²) in [4.78, 5) is 2.26. The van der Waals surface area contributed by atoms with Gasteiger partial charge in [-0.3, -0.25) is 0 Å². The first-order chi connectivity index (χ1) is 6.27. The van der Waals surface area contributed by atoms with Crippen LogP contribution in [0.1, 0.15) is 0 Å². The van der Waals surface area contributed by atoms with E-state index in [1.54, 1.807) is 0 Å². The van der Waals surface area contributed by atoms with Crippen LogP contribution in [0.4, 0.5) is 11.4 Å². The fraction of sp³-hybridized carbons (Fsp3) is 0.200. The SMILES string of the molecule is Nc1ccc(Br)c(N2CC=CC2)c1. The van der Waals surface area contributed by atoms with E-state index in [2.05, 4.69) is 33.0 Å². The van der Waals surface area contributed by atoms with Gasteiger partial charge in [-0.2, -0.15) is 0 Å². The first-order valence-electron chi connectivity index (χ1n) is 4.22. The van der Waals surface area contributed by atoms with Crippen molar-refractivity contribution in [1.82, 2.24) is 0 Å². The highest BCUT2D eigenvalue weighted by atomic mass is 79.9. The second-order valence-corrected chi connectivity index (χ2v) is 3.94. The standard InChI is InChI=1S/C10H11BrN2/c11-9-4-3-8(12)7-10(9)13-5-1-2-6-13/h1-4,7H,5-6,12H2. The molecular weight excluding hydrogens is 228 g/mol. The lowest BCUT2D eigenvalue weighted by atomic mass is 10.2. The molecule has 2 nitrogen and oxygen atoms in total. The molecule has 0 atom stereocenters. The van der Waals surface area contributed by atoms with Crippen molar-refractivity contribution < 1.29 is 0 Å². The Morgan fingerprint density at radius 2 is 1.92 bits per heavy atom. The van der Waals surface area contributed by atoms with E-state index in [1.807, 2.05) is 18.2 Å². The van der Waals surface area contributed by atoms with E-state index < -0.39 is 0 Å². The van der Waals surface area contributed by atoms with Gasteiger partial charge in [0.1, 0.15) is 0 Å². The zero-order chi connectivity index (χ0) is 9.26. The molecule has 68 valence electrons. The van der Waals surface area contributed by atoms with E-state index in [0.717, 1.165) is 23.2 Å². The van der Waals surface area contributed by atoms with Crippen molar-refractivity contribution in [3.63, 3.8) is 0 Å². The van der Waals surface area contributed by atoms with Crippen molar-refractivity contribution >= 4 is 27.3 Å². The van der Waals surface area contributed by atoms with Crippen molar-refractivity contribution in [2.24, 2.45) is 0 Å². The van der Waals surface area contributed by atoms with Crippen LogP contribution in [0.3, 0.4) is 0 Å². The zero-order valence-corrected chi connectivity index (χ0v) is 8.79.